The molecule has 0 amide bonds. The molecule has 1 aliphatic carbocycles. The third-order valence-electron chi connectivity index (χ3n) is 5.62. The molecule has 3 aliphatic rings. The summed E-state index contributed by atoms with van der Waals surface area (Å²) < 4.78 is 16.9. The summed E-state index contributed by atoms with van der Waals surface area (Å²) in [6.07, 6.45) is 5.84. The van der Waals surface area contributed by atoms with Crippen LogP contribution in [0, 0.1) is 0 Å². The van der Waals surface area contributed by atoms with Crippen LogP contribution in [-0.2, 0) is 9.47 Å². The van der Waals surface area contributed by atoms with Crippen molar-refractivity contribution in [2.45, 2.75) is 43.9 Å². The quantitative estimate of drug-likeness (QED) is 0.831. The van der Waals surface area contributed by atoms with E-state index in [9.17, 15) is 4.79 Å². The summed E-state index contributed by atoms with van der Waals surface area (Å²) in [5, 5.41) is 3.76. The number of methoxy groups -OCH3 is 1. The Morgan fingerprint density at radius 2 is 2.00 bits per heavy atom. The second kappa shape index (κ2) is 6.84. The van der Waals surface area contributed by atoms with E-state index in [-0.39, 0.29) is 17.7 Å². The monoisotopic (exact) mass is 346 g/mol. The maximum atomic E-state index is 11.9. The molecular weight excluding hydrogens is 320 g/mol. The molecule has 0 aromatic heterocycles. The Balaban J connectivity index is 1.67. The van der Waals surface area contributed by atoms with Crippen molar-refractivity contribution in [3.05, 3.63) is 23.8 Å². The zero-order valence-electron chi connectivity index (χ0n) is 14.8. The molecule has 2 fully saturated rings. The van der Waals surface area contributed by atoms with E-state index in [1.54, 1.807) is 6.07 Å². The third kappa shape index (κ3) is 3.09. The van der Waals surface area contributed by atoms with E-state index in [1.165, 1.54) is 26.4 Å². The van der Waals surface area contributed by atoms with Crippen molar-refractivity contribution in [3.63, 3.8) is 0 Å². The SMILES string of the molecule is COC(=O)c1ccc2c(c1)NC1(CCCCC1)C(N1CCOCC1)O2. The van der Waals surface area contributed by atoms with Crippen LogP contribution < -0.4 is 10.1 Å². The number of ether oxygens (including phenoxy) is 3. The summed E-state index contributed by atoms with van der Waals surface area (Å²) in [5.41, 5.74) is 1.35. The van der Waals surface area contributed by atoms with Crippen molar-refractivity contribution in [2.24, 2.45) is 0 Å². The van der Waals surface area contributed by atoms with Gasteiger partial charge >= 0.3 is 5.97 Å². The third-order valence-corrected chi connectivity index (χ3v) is 5.62. The highest BCUT2D eigenvalue weighted by Crippen LogP contribution is 2.44. The van der Waals surface area contributed by atoms with E-state index in [0.717, 1.165) is 50.6 Å². The molecule has 1 unspecified atom stereocenters. The van der Waals surface area contributed by atoms with Gasteiger partial charge in [0.25, 0.3) is 0 Å². The van der Waals surface area contributed by atoms with Gasteiger partial charge in [-0.15, -0.1) is 0 Å². The molecule has 1 aromatic carbocycles. The first-order chi connectivity index (χ1) is 12.2. The lowest BCUT2D eigenvalue weighted by atomic mass is 9.78. The van der Waals surface area contributed by atoms with Crippen molar-refractivity contribution in [3.8, 4) is 5.75 Å². The average molecular weight is 346 g/mol. The van der Waals surface area contributed by atoms with Gasteiger partial charge in [0.15, 0.2) is 6.23 Å². The summed E-state index contributed by atoms with van der Waals surface area (Å²) in [6, 6.07) is 5.49. The minimum Gasteiger partial charge on any atom is -0.470 e. The maximum Gasteiger partial charge on any atom is 0.337 e. The average Bonchev–Trinajstić information content (AvgIpc) is 2.67. The highest BCUT2D eigenvalue weighted by atomic mass is 16.5. The normalized spacial score (nSPS) is 25.6. The van der Waals surface area contributed by atoms with E-state index in [2.05, 4.69) is 10.2 Å². The van der Waals surface area contributed by atoms with Crippen molar-refractivity contribution >= 4 is 11.7 Å². The van der Waals surface area contributed by atoms with Crippen LogP contribution in [0.2, 0.25) is 0 Å². The van der Waals surface area contributed by atoms with E-state index in [4.69, 9.17) is 14.2 Å². The van der Waals surface area contributed by atoms with Crippen LogP contribution in [0.3, 0.4) is 0 Å². The van der Waals surface area contributed by atoms with Gasteiger partial charge in [-0.25, -0.2) is 4.79 Å². The first-order valence-electron chi connectivity index (χ1n) is 9.21. The summed E-state index contributed by atoms with van der Waals surface area (Å²) in [7, 11) is 1.41. The first kappa shape index (κ1) is 16.7. The van der Waals surface area contributed by atoms with E-state index >= 15 is 0 Å². The van der Waals surface area contributed by atoms with Gasteiger partial charge in [-0.3, -0.25) is 4.90 Å². The van der Waals surface area contributed by atoms with Crippen LogP contribution in [0.4, 0.5) is 5.69 Å². The molecule has 2 heterocycles. The lowest BCUT2D eigenvalue weighted by Gasteiger charge is -2.52. The maximum absolute atomic E-state index is 11.9. The number of nitrogens with one attached hydrogen (secondary N) is 1. The highest BCUT2D eigenvalue weighted by molar-refractivity contribution is 5.91. The number of hydrogen-bond donors (Lipinski definition) is 1. The molecule has 6 heteroatoms. The second-order valence-electron chi connectivity index (χ2n) is 7.16. The Labute approximate surface area is 148 Å². The number of morpholine rings is 1. The Bertz CT molecular complexity index is 636. The number of esters is 1. The molecule has 1 spiro atoms. The lowest BCUT2D eigenvalue weighted by Crippen LogP contribution is -2.64. The molecule has 1 atom stereocenters. The molecule has 6 nitrogen and oxygen atoms in total. The van der Waals surface area contributed by atoms with E-state index in [0.29, 0.717) is 5.56 Å². The Morgan fingerprint density at radius 1 is 1.24 bits per heavy atom. The number of carbonyl (C=O) groups is 1. The van der Waals surface area contributed by atoms with E-state index in [1.807, 2.05) is 12.1 Å². The molecule has 1 saturated heterocycles. The summed E-state index contributed by atoms with van der Waals surface area (Å²) in [4.78, 5) is 14.3. The van der Waals surface area contributed by atoms with Gasteiger partial charge in [0.05, 0.1) is 37.1 Å². The number of nitrogens with zero attached hydrogens (tertiary/aromatic N) is 1. The van der Waals surface area contributed by atoms with Gasteiger partial charge in [-0.2, -0.15) is 0 Å². The highest BCUT2D eigenvalue weighted by Gasteiger charge is 2.48. The van der Waals surface area contributed by atoms with E-state index < -0.39 is 0 Å². The van der Waals surface area contributed by atoms with Gasteiger partial charge in [0.2, 0.25) is 0 Å². The summed E-state index contributed by atoms with van der Waals surface area (Å²) in [6.45, 7) is 3.29. The van der Waals surface area contributed by atoms with Crippen LogP contribution in [0.5, 0.6) is 5.75 Å². The van der Waals surface area contributed by atoms with Crippen molar-refractivity contribution in [1.82, 2.24) is 4.90 Å². The fourth-order valence-electron chi connectivity index (χ4n) is 4.33. The topological polar surface area (TPSA) is 60.0 Å². The minimum atomic E-state index is -0.322. The number of anilines is 1. The van der Waals surface area contributed by atoms with Gasteiger partial charge in [0, 0.05) is 13.1 Å². The first-order valence-corrected chi connectivity index (χ1v) is 9.21. The standard InChI is InChI=1S/C19H26N2O4/c1-23-17(22)14-5-6-16-15(13-14)20-19(7-3-2-4-8-19)18(25-16)21-9-11-24-12-10-21/h5-6,13,18,20H,2-4,7-12H2,1H3. The van der Waals surface area contributed by atoms with Crippen LogP contribution in [0.15, 0.2) is 18.2 Å². The number of benzene rings is 1. The van der Waals surface area contributed by atoms with Crippen LogP contribution >= 0.6 is 0 Å². The van der Waals surface area contributed by atoms with Crippen molar-refractivity contribution in [1.29, 1.82) is 0 Å². The molecule has 0 bridgehead atoms. The predicted molar refractivity (Wildman–Crippen MR) is 94.0 cm³/mol. The Morgan fingerprint density at radius 3 is 2.72 bits per heavy atom. The number of hydrogen-bond acceptors (Lipinski definition) is 6. The molecule has 1 N–H and O–H groups in total. The fourth-order valence-corrected chi connectivity index (χ4v) is 4.33. The number of rotatable bonds is 2. The van der Waals surface area contributed by atoms with Crippen LogP contribution in [-0.4, -0.2) is 56.0 Å². The zero-order chi connectivity index (χ0) is 17.3. The van der Waals surface area contributed by atoms with Gasteiger partial charge in [-0.1, -0.05) is 19.3 Å². The van der Waals surface area contributed by atoms with Gasteiger partial charge in [-0.05, 0) is 31.0 Å². The van der Waals surface area contributed by atoms with Crippen LogP contribution in [0.25, 0.3) is 0 Å². The van der Waals surface area contributed by atoms with Crippen molar-refractivity contribution < 1.29 is 19.0 Å². The number of carbonyl (C=O) groups excluding carboxylic acids is 1. The Kier molecular flexibility index (Phi) is 4.56. The van der Waals surface area contributed by atoms with Crippen LogP contribution in [0.1, 0.15) is 42.5 Å². The molecular formula is C19H26N2O4. The summed E-state index contributed by atoms with van der Waals surface area (Å²) in [5.74, 6) is 0.484. The van der Waals surface area contributed by atoms with Gasteiger partial charge < -0.3 is 19.5 Å². The number of fused-ring (bicyclic) bond motifs is 1. The second-order valence-corrected chi connectivity index (χ2v) is 7.16. The molecule has 25 heavy (non-hydrogen) atoms. The molecule has 4 rings (SSSR count). The fraction of sp³-hybridized carbons (Fsp3) is 0.632. The molecule has 2 aliphatic heterocycles. The molecule has 136 valence electrons. The largest absolute Gasteiger partial charge is 0.470 e. The minimum absolute atomic E-state index is 0.00757. The van der Waals surface area contributed by atoms with Crippen molar-refractivity contribution in [2.75, 3.05) is 38.7 Å². The molecule has 1 aromatic rings. The summed E-state index contributed by atoms with van der Waals surface area (Å²) >= 11 is 0. The van der Waals surface area contributed by atoms with Gasteiger partial charge in [0.1, 0.15) is 5.75 Å². The zero-order valence-corrected chi connectivity index (χ0v) is 14.8. The Hall–Kier alpha value is -1.79. The molecule has 1 saturated carbocycles. The lowest BCUT2D eigenvalue weighted by molar-refractivity contribution is -0.0864. The molecule has 0 radical (unpaired) electrons. The smallest absolute Gasteiger partial charge is 0.337 e. The predicted octanol–water partition coefficient (Wildman–Crippen LogP) is 2.64.